The smallest absolute Gasteiger partial charge is 0.418 e. The fourth-order valence-electron chi connectivity index (χ4n) is 1.64. The van der Waals surface area contributed by atoms with Crippen LogP contribution >= 0.6 is 0 Å². The van der Waals surface area contributed by atoms with Crippen LogP contribution in [0.4, 0.5) is 17.3 Å². The van der Waals surface area contributed by atoms with Gasteiger partial charge in [-0.3, -0.25) is 0 Å². The minimum atomic E-state index is -6.00. The first-order chi connectivity index (χ1) is 10.3. The molecular formula is C16H17BF4S. The average molecular weight is 328 g/mol. The molecule has 118 valence electrons. The topological polar surface area (TPSA) is 0 Å². The van der Waals surface area contributed by atoms with Crippen LogP contribution in [0.2, 0.25) is 0 Å². The summed E-state index contributed by atoms with van der Waals surface area (Å²) in [6, 6.07) is 21.4. The molecule has 0 spiro atoms. The predicted octanol–water partition coefficient (Wildman–Crippen LogP) is 5.95. The maximum Gasteiger partial charge on any atom is 0.673 e. The Morgan fingerprint density at radius 2 is 1.09 bits per heavy atom. The number of hydrogen-bond acceptors (Lipinski definition) is 0. The number of rotatable bonds is 3. The van der Waals surface area contributed by atoms with E-state index in [4.69, 9.17) is 0 Å². The molecule has 6 heteroatoms. The highest BCUT2D eigenvalue weighted by molar-refractivity contribution is 7.99. The van der Waals surface area contributed by atoms with Crippen molar-refractivity contribution in [2.45, 2.75) is 23.6 Å². The van der Waals surface area contributed by atoms with Crippen molar-refractivity contribution in [1.82, 2.24) is 0 Å². The molecule has 0 aliphatic rings. The molecule has 0 saturated carbocycles. The van der Waals surface area contributed by atoms with E-state index in [-0.39, 0.29) is 10.9 Å². The molecule has 0 amide bonds. The normalized spacial score (nSPS) is 10.7. The van der Waals surface area contributed by atoms with Gasteiger partial charge >= 0.3 is 7.25 Å². The van der Waals surface area contributed by atoms with Crippen LogP contribution in [0.5, 0.6) is 0 Å². The number of allylic oxidation sites excluding steroid dienone is 1. The summed E-state index contributed by atoms with van der Waals surface area (Å²) in [6.45, 7) is 4.32. The molecule has 22 heavy (non-hydrogen) atoms. The zero-order valence-corrected chi connectivity index (χ0v) is 13.2. The molecule has 0 unspecified atom stereocenters. The van der Waals surface area contributed by atoms with E-state index in [2.05, 4.69) is 79.9 Å². The van der Waals surface area contributed by atoms with E-state index >= 15 is 0 Å². The van der Waals surface area contributed by atoms with Crippen molar-refractivity contribution in [2.24, 2.45) is 0 Å². The Bertz CT molecular complexity index is 533. The number of benzene rings is 2. The Morgan fingerprint density at radius 3 is 1.36 bits per heavy atom. The lowest BCUT2D eigenvalue weighted by atomic mass is 10.3. The van der Waals surface area contributed by atoms with E-state index in [0.717, 1.165) is 0 Å². The summed E-state index contributed by atoms with van der Waals surface area (Å²) >= 11 is 0. The summed E-state index contributed by atoms with van der Waals surface area (Å²) in [6.07, 6.45) is 0. The third-order valence-electron chi connectivity index (χ3n) is 2.35. The summed E-state index contributed by atoms with van der Waals surface area (Å²) in [5.74, 6) is 0. The molecule has 0 aliphatic heterocycles. The van der Waals surface area contributed by atoms with Crippen LogP contribution in [-0.4, -0.2) is 7.25 Å². The first-order valence-corrected chi connectivity index (χ1v) is 7.91. The van der Waals surface area contributed by atoms with Crippen molar-refractivity contribution in [2.75, 3.05) is 0 Å². The third-order valence-corrected chi connectivity index (χ3v) is 4.62. The van der Waals surface area contributed by atoms with Crippen LogP contribution in [0.1, 0.15) is 13.8 Å². The van der Waals surface area contributed by atoms with Gasteiger partial charge in [0.05, 0.1) is 10.9 Å². The standard InChI is InChI=1S/C16H17S.BF4/c1-14(2)13-17(15-9-5-3-6-10-15)16-11-7-4-8-12-16;2-1(3,4)5/h3-13H,1-2H3;/q+1;-1. The number of hydrogen-bond donors (Lipinski definition) is 0. The minimum absolute atomic E-state index is 0.0566. The molecule has 0 heterocycles. The SMILES string of the molecule is CC(C)=C[S+](c1ccccc1)c1ccccc1.F[B-](F)(F)F. The zero-order valence-electron chi connectivity index (χ0n) is 12.3. The van der Waals surface area contributed by atoms with Gasteiger partial charge in [-0.05, 0) is 43.7 Å². The fourth-order valence-corrected chi connectivity index (χ4v) is 3.56. The van der Waals surface area contributed by atoms with Gasteiger partial charge in [0, 0.05) is 0 Å². The van der Waals surface area contributed by atoms with E-state index in [1.54, 1.807) is 0 Å². The van der Waals surface area contributed by atoms with Gasteiger partial charge in [0.2, 0.25) is 0 Å². The predicted molar refractivity (Wildman–Crippen MR) is 86.4 cm³/mol. The maximum atomic E-state index is 9.75. The van der Waals surface area contributed by atoms with Gasteiger partial charge in [0.15, 0.2) is 9.79 Å². The lowest BCUT2D eigenvalue weighted by molar-refractivity contribution is 0.368. The van der Waals surface area contributed by atoms with Gasteiger partial charge in [0.1, 0.15) is 5.41 Å². The van der Waals surface area contributed by atoms with Crippen molar-refractivity contribution in [1.29, 1.82) is 0 Å². The van der Waals surface area contributed by atoms with E-state index in [9.17, 15) is 17.3 Å². The second-order valence-electron chi connectivity index (χ2n) is 4.65. The van der Waals surface area contributed by atoms with Gasteiger partial charge < -0.3 is 17.3 Å². The lowest BCUT2D eigenvalue weighted by Crippen LogP contribution is -2.02. The highest BCUT2D eigenvalue weighted by atomic mass is 32.2. The van der Waals surface area contributed by atoms with Crippen molar-refractivity contribution in [3.8, 4) is 0 Å². The molecule has 0 nitrogen and oxygen atoms in total. The van der Waals surface area contributed by atoms with Gasteiger partial charge in [-0.2, -0.15) is 0 Å². The Morgan fingerprint density at radius 1 is 0.773 bits per heavy atom. The molecule has 0 N–H and O–H groups in total. The minimum Gasteiger partial charge on any atom is -0.418 e. The number of halogens is 4. The summed E-state index contributed by atoms with van der Waals surface area (Å²) < 4.78 is 39.0. The van der Waals surface area contributed by atoms with Crippen molar-refractivity contribution in [3.05, 3.63) is 71.6 Å². The van der Waals surface area contributed by atoms with Crippen LogP contribution in [-0.2, 0) is 10.9 Å². The Labute approximate surface area is 131 Å². The van der Waals surface area contributed by atoms with Crippen molar-refractivity contribution >= 4 is 18.1 Å². The van der Waals surface area contributed by atoms with Crippen LogP contribution in [0.25, 0.3) is 0 Å². The average Bonchev–Trinajstić information content (AvgIpc) is 2.45. The molecule has 2 rings (SSSR count). The van der Waals surface area contributed by atoms with Gasteiger partial charge in [0.25, 0.3) is 0 Å². The second kappa shape index (κ2) is 8.68. The van der Waals surface area contributed by atoms with Crippen LogP contribution in [0, 0.1) is 0 Å². The van der Waals surface area contributed by atoms with E-state index in [1.807, 2.05) is 0 Å². The first-order valence-electron chi connectivity index (χ1n) is 6.63. The molecule has 0 fully saturated rings. The van der Waals surface area contributed by atoms with E-state index in [1.165, 1.54) is 15.4 Å². The molecule has 2 aromatic rings. The Kier molecular flexibility index (Phi) is 7.25. The van der Waals surface area contributed by atoms with Crippen molar-refractivity contribution < 1.29 is 17.3 Å². The summed E-state index contributed by atoms with van der Waals surface area (Å²) in [5, 5.41) is 2.35. The molecule has 2 aromatic carbocycles. The summed E-state index contributed by atoms with van der Waals surface area (Å²) in [5.41, 5.74) is 1.36. The van der Waals surface area contributed by atoms with Crippen LogP contribution in [0.15, 0.2) is 81.4 Å². The van der Waals surface area contributed by atoms with E-state index in [0.29, 0.717) is 0 Å². The highest BCUT2D eigenvalue weighted by Gasteiger charge is 2.22. The zero-order chi connectivity index (χ0) is 16.6. The Hall–Kier alpha value is -1.69. The molecule has 0 bridgehead atoms. The molecule has 0 aliphatic carbocycles. The molecule has 0 saturated heterocycles. The van der Waals surface area contributed by atoms with Gasteiger partial charge in [-0.25, -0.2) is 0 Å². The third kappa shape index (κ3) is 7.93. The molecular weight excluding hydrogens is 311 g/mol. The van der Waals surface area contributed by atoms with E-state index < -0.39 is 7.25 Å². The first kappa shape index (κ1) is 18.4. The summed E-state index contributed by atoms with van der Waals surface area (Å²) in [4.78, 5) is 2.75. The lowest BCUT2D eigenvalue weighted by Gasteiger charge is -2.03. The maximum absolute atomic E-state index is 9.75. The highest BCUT2D eigenvalue weighted by Crippen LogP contribution is 2.25. The fraction of sp³-hybridized carbons (Fsp3) is 0.125. The monoisotopic (exact) mass is 328 g/mol. The molecule has 0 radical (unpaired) electrons. The largest absolute Gasteiger partial charge is 0.673 e. The molecule has 0 aromatic heterocycles. The van der Waals surface area contributed by atoms with Gasteiger partial charge in [-0.1, -0.05) is 36.4 Å². The van der Waals surface area contributed by atoms with Crippen LogP contribution < -0.4 is 0 Å². The molecule has 0 atom stereocenters. The summed E-state index contributed by atoms with van der Waals surface area (Å²) in [7, 11) is -5.94. The quantitative estimate of drug-likeness (QED) is 0.371. The Balaban J connectivity index is 0.000000422. The van der Waals surface area contributed by atoms with Crippen LogP contribution in [0.3, 0.4) is 0 Å². The van der Waals surface area contributed by atoms with Crippen molar-refractivity contribution in [3.63, 3.8) is 0 Å². The second-order valence-corrected chi connectivity index (χ2v) is 6.51. The van der Waals surface area contributed by atoms with Gasteiger partial charge in [-0.15, -0.1) is 0 Å².